The lowest BCUT2D eigenvalue weighted by Gasteiger charge is -2.08. The van der Waals surface area contributed by atoms with Gasteiger partial charge in [0.25, 0.3) is 0 Å². The fraction of sp³-hybridized carbons (Fsp3) is 0.250. The maximum Gasteiger partial charge on any atom is 0.212 e. The number of hydrogen-bond donors (Lipinski definition) is 1. The quantitative estimate of drug-likeness (QED) is 0.818. The van der Waals surface area contributed by atoms with Gasteiger partial charge >= 0.3 is 0 Å². The molecule has 2 aromatic rings. The third-order valence-electron chi connectivity index (χ3n) is 2.39. The molecule has 0 aliphatic carbocycles. The summed E-state index contributed by atoms with van der Waals surface area (Å²) in [7, 11) is 0. The van der Waals surface area contributed by atoms with Crippen molar-refractivity contribution in [3.05, 3.63) is 30.6 Å². The predicted molar refractivity (Wildman–Crippen MR) is 65.5 cm³/mol. The first-order valence-corrected chi connectivity index (χ1v) is 5.42. The monoisotopic (exact) mass is 230 g/mol. The average Bonchev–Trinajstić information content (AvgIpc) is 2.75. The molecule has 0 aliphatic heterocycles. The molecule has 2 rings (SSSR count). The van der Waals surface area contributed by atoms with Crippen LogP contribution in [0.1, 0.15) is 19.9 Å². The largest absolute Gasteiger partial charge is 0.314 e. The zero-order chi connectivity index (χ0) is 12.3. The molecular weight excluding hydrogens is 216 g/mol. The summed E-state index contributed by atoms with van der Waals surface area (Å²) in [6.07, 6.45) is 4.12. The highest BCUT2D eigenvalue weighted by Crippen LogP contribution is 2.23. The van der Waals surface area contributed by atoms with Crippen LogP contribution in [-0.2, 0) is 4.79 Å². The first kappa shape index (κ1) is 11.3. The Morgan fingerprint density at radius 3 is 2.88 bits per heavy atom. The maximum absolute atomic E-state index is 10.5. The number of aromatic nitrogens is 3. The second kappa shape index (κ2) is 4.78. The molecule has 2 aromatic heterocycles. The summed E-state index contributed by atoms with van der Waals surface area (Å²) in [5, 5.41) is 7.10. The molecule has 0 aromatic carbocycles. The zero-order valence-electron chi connectivity index (χ0n) is 9.79. The number of nitrogens with one attached hydrogen (secondary N) is 1. The average molecular weight is 230 g/mol. The van der Waals surface area contributed by atoms with Crippen LogP contribution < -0.4 is 5.32 Å². The van der Waals surface area contributed by atoms with Crippen LogP contribution in [0.3, 0.4) is 0 Å². The van der Waals surface area contributed by atoms with Crippen molar-refractivity contribution in [2.45, 2.75) is 19.9 Å². The van der Waals surface area contributed by atoms with E-state index < -0.39 is 0 Å². The van der Waals surface area contributed by atoms with Crippen molar-refractivity contribution in [2.75, 3.05) is 5.32 Å². The first-order valence-electron chi connectivity index (χ1n) is 5.42. The molecule has 0 saturated carbocycles. The van der Waals surface area contributed by atoms with Gasteiger partial charge in [0.05, 0.1) is 5.69 Å². The lowest BCUT2D eigenvalue weighted by atomic mass is 10.2. The summed E-state index contributed by atoms with van der Waals surface area (Å²) in [5.74, 6) is 0.689. The van der Waals surface area contributed by atoms with Gasteiger partial charge in [0, 0.05) is 30.1 Å². The molecule has 0 atom stereocenters. The number of carbonyl (C=O) groups is 1. The Morgan fingerprint density at radius 1 is 1.47 bits per heavy atom. The molecular formula is C12H14N4O. The van der Waals surface area contributed by atoms with Gasteiger partial charge in [0.15, 0.2) is 0 Å². The van der Waals surface area contributed by atoms with E-state index in [0.29, 0.717) is 12.2 Å². The second-order valence-corrected chi connectivity index (χ2v) is 3.96. The highest BCUT2D eigenvalue weighted by molar-refractivity contribution is 5.72. The normalized spacial score (nSPS) is 10.5. The molecule has 0 bridgehead atoms. The molecule has 17 heavy (non-hydrogen) atoms. The van der Waals surface area contributed by atoms with Gasteiger partial charge in [-0.2, -0.15) is 5.10 Å². The number of carbonyl (C=O) groups excluding carboxylic acids is 1. The van der Waals surface area contributed by atoms with Crippen molar-refractivity contribution < 1.29 is 4.79 Å². The topological polar surface area (TPSA) is 59.8 Å². The van der Waals surface area contributed by atoms with E-state index in [1.54, 1.807) is 17.1 Å². The first-order chi connectivity index (χ1) is 8.22. The third-order valence-corrected chi connectivity index (χ3v) is 2.39. The van der Waals surface area contributed by atoms with Gasteiger partial charge in [-0.25, -0.2) is 4.68 Å². The predicted octanol–water partition coefficient (Wildman–Crippen LogP) is 2.09. The number of nitrogens with zero attached hydrogens (tertiary/aromatic N) is 3. The van der Waals surface area contributed by atoms with Crippen LogP contribution in [0.25, 0.3) is 11.3 Å². The fourth-order valence-electron chi connectivity index (χ4n) is 1.61. The van der Waals surface area contributed by atoms with Crippen LogP contribution in [0.15, 0.2) is 30.6 Å². The van der Waals surface area contributed by atoms with Gasteiger partial charge in [-0.3, -0.25) is 9.78 Å². The summed E-state index contributed by atoms with van der Waals surface area (Å²) in [6, 6.07) is 5.81. The minimum atomic E-state index is 0.183. The van der Waals surface area contributed by atoms with Gasteiger partial charge in [0.2, 0.25) is 6.41 Å². The highest BCUT2D eigenvalue weighted by Gasteiger charge is 2.11. The van der Waals surface area contributed by atoms with Crippen LogP contribution in [0.5, 0.6) is 0 Å². The summed E-state index contributed by atoms with van der Waals surface area (Å²) >= 11 is 0. The Labute approximate surface area is 99.5 Å². The molecule has 0 spiro atoms. The van der Waals surface area contributed by atoms with Crippen molar-refractivity contribution in [1.29, 1.82) is 0 Å². The Morgan fingerprint density at radius 2 is 2.29 bits per heavy atom. The van der Waals surface area contributed by atoms with Crippen molar-refractivity contribution in [3.63, 3.8) is 0 Å². The maximum atomic E-state index is 10.5. The number of rotatable bonds is 4. The van der Waals surface area contributed by atoms with E-state index in [2.05, 4.69) is 15.4 Å². The van der Waals surface area contributed by atoms with Crippen molar-refractivity contribution in [3.8, 4) is 11.3 Å². The van der Waals surface area contributed by atoms with Gasteiger partial charge in [0.1, 0.15) is 5.82 Å². The van der Waals surface area contributed by atoms with Gasteiger partial charge in [-0.1, -0.05) is 0 Å². The Hall–Kier alpha value is -2.17. The van der Waals surface area contributed by atoms with Crippen LogP contribution in [0.4, 0.5) is 5.82 Å². The Balaban J connectivity index is 2.43. The van der Waals surface area contributed by atoms with E-state index in [9.17, 15) is 4.79 Å². The summed E-state index contributed by atoms with van der Waals surface area (Å²) in [5.41, 5.74) is 1.73. The molecule has 0 saturated heterocycles. The molecule has 0 radical (unpaired) electrons. The molecule has 1 N–H and O–H groups in total. The van der Waals surface area contributed by atoms with Crippen molar-refractivity contribution in [2.24, 2.45) is 0 Å². The Kier molecular flexibility index (Phi) is 3.18. The van der Waals surface area contributed by atoms with Crippen LogP contribution in [0.2, 0.25) is 0 Å². The minimum Gasteiger partial charge on any atom is -0.314 e. The number of pyridine rings is 1. The molecule has 1 amide bonds. The van der Waals surface area contributed by atoms with E-state index in [-0.39, 0.29) is 6.04 Å². The number of amides is 1. The van der Waals surface area contributed by atoms with Gasteiger partial charge in [-0.05, 0) is 26.0 Å². The van der Waals surface area contributed by atoms with E-state index in [4.69, 9.17) is 0 Å². The lowest BCUT2D eigenvalue weighted by Crippen LogP contribution is -2.08. The highest BCUT2D eigenvalue weighted by atomic mass is 16.1. The minimum absolute atomic E-state index is 0.183. The SMILES string of the molecule is CC(C)n1nc(-c2cccnc2)cc1NC=O. The molecule has 0 aliphatic rings. The van der Waals surface area contributed by atoms with E-state index in [1.165, 1.54) is 0 Å². The summed E-state index contributed by atoms with van der Waals surface area (Å²) < 4.78 is 1.77. The van der Waals surface area contributed by atoms with E-state index in [1.807, 2.05) is 32.0 Å². The molecule has 5 heteroatoms. The smallest absolute Gasteiger partial charge is 0.212 e. The van der Waals surface area contributed by atoms with E-state index >= 15 is 0 Å². The third kappa shape index (κ3) is 2.33. The Bertz CT molecular complexity index is 504. The number of anilines is 1. The van der Waals surface area contributed by atoms with Crippen LogP contribution in [0, 0.1) is 0 Å². The van der Waals surface area contributed by atoms with E-state index in [0.717, 1.165) is 11.3 Å². The standard InChI is InChI=1S/C12H14N4O/c1-9(2)16-12(14-8-17)6-11(15-16)10-4-3-5-13-7-10/h3-9H,1-2H3,(H,14,17). The summed E-state index contributed by atoms with van der Waals surface area (Å²) in [4.78, 5) is 14.6. The van der Waals surface area contributed by atoms with Gasteiger partial charge in [-0.15, -0.1) is 0 Å². The molecule has 2 heterocycles. The molecule has 5 nitrogen and oxygen atoms in total. The van der Waals surface area contributed by atoms with Crippen molar-refractivity contribution >= 4 is 12.2 Å². The fourth-order valence-corrected chi connectivity index (χ4v) is 1.61. The van der Waals surface area contributed by atoms with Crippen molar-refractivity contribution in [1.82, 2.24) is 14.8 Å². The molecule has 0 fully saturated rings. The van der Waals surface area contributed by atoms with Crippen LogP contribution >= 0.6 is 0 Å². The van der Waals surface area contributed by atoms with Crippen LogP contribution in [-0.4, -0.2) is 21.2 Å². The lowest BCUT2D eigenvalue weighted by molar-refractivity contribution is -0.105. The second-order valence-electron chi connectivity index (χ2n) is 3.96. The zero-order valence-corrected chi connectivity index (χ0v) is 9.79. The summed E-state index contributed by atoms with van der Waals surface area (Å²) in [6.45, 7) is 4.02. The molecule has 88 valence electrons. The number of hydrogen-bond acceptors (Lipinski definition) is 3. The van der Waals surface area contributed by atoms with Gasteiger partial charge < -0.3 is 5.32 Å². The molecule has 0 unspecified atom stereocenters.